The summed E-state index contributed by atoms with van der Waals surface area (Å²) in [5.74, 6) is 0. The molecule has 2 unspecified atom stereocenters. The molecule has 4 heteroatoms. The van der Waals surface area contributed by atoms with Crippen molar-refractivity contribution in [2.45, 2.75) is 35.2 Å². The molecule has 0 spiro atoms. The minimum absolute atomic E-state index is 0.169. The van der Waals surface area contributed by atoms with Crippen LogP contribution in [0, 0.1) is 0 Å². The molecule has 0 radical (unpaired) electrons. The maximum atomic E-state index is 8.64. The fraction of sp³-hybridized carbons (Fsp3) is 1.00. The monoisotopic (exact) mass is 424 g/mol. The Balaban J connectivity index is 2.26. The van der Waals surface area contributed by atoms with Gasteiger partial charge in [0.05, 0.1) is 0 Å². The molecule has 0 aliphatic heterocycles. The standard InChI is InChI=1S/C8H15O2.BrH.Hg/c9-6-7-10-8-4-2-1-3-5-8;;/h4,8-9H,1-3,5-7H2;1H;/q;;+1/p-1. The third-order valence-corrected chi connectivity index (χ3v) is 14.9. The molecule has 68 valence electrons. The molecule has 0 bridgehead atoms. The molecule has 12 heavy (non-hydrogen) atoms. The van der Waals surface area contributed by atoms with Crippen LogP contribution in [0.4, 0.5) is 0 Å². The van der Waals surface area contributed by atoms with E-state index in [0.717, 1.165) is 3.43 Å². The van der Waals surface area contributed by atoms with Crippen LogP contribution in [0.5, 0.6) is 0 Å². The van der Waals surface area contributed by atoms with Gasteiger partial charge in [0, 0.05) is 0 Å². The molecule has 0 saturated heterocycles. The Morgan fingerprint density at radius 2 is 2.17 bits per heavy atom. The molecule has 2 atom stereocenters. The van der Waals surface area contributed by atoms with Crippen molar-refractivity contribution in [2.75, 3.05) is 13.2 Å². The van der Waals surface area contributed by atoms with Gasteiger partial charge in [0.2, 0.25) is 0 Å². The molecule has 0 aromatic heterocycles. The second-order valence-electron chi connectivity index (χ2n) is 3.33. The Labute approximate surface area is 91.7 Å². The zero-order valence-corrected chi connectivity index (χ0v) is 14.4. The summed E-state index contributed by atoms with van der Waals surface area (Å²) in [7, 11) is 0. The first-order chi connectivity index (χ1) is 5.88. The Bertz CT molecular complexity index is 124. The average molecular weight is 424 g/mol. The van der Waals surface area contributed by atoms with E-state index < -0.39 is 22.1 Å². The normalized spacial score (nSPS) is 29.8. The van der Waals surface area contributed by atoms with Crippen LogP contribution in [0.15, 0.2) is 0 Å². The third kappa shape index (κ3) is 3.60. The molecule has 1 aliphatic carbocycles. The van der Waals surface area contributed by atoms with Crippen molar-refractivity contribution in [3.63, 3.8) is 0 Å². The molecule has 0 aromatic rings. The fourth-order valence-electron chi connectivity index (χ4n) is 1.77. The first-order valence-electron chi connectivity index (χ1n) is 4.67. The van der Waals surface area contributed by atoms with Crippen LogP contribution in [0.2, 0.25) is 3.43 Å². The SMILES string of the molecule is OCCOC1CCCC[CH]1[Hg][Br]. The summed E-state index contributed by atoms with van der Waals surface area (Å²) >= 11 is 2.94. The number of aliphatic hydroxyl groups is 1. The molecular formula is C8H15BrHgO2. The fourth-order valence-corrected chi connectivity index (χ4v) is 12.2. The maximum absolute atomic E-state index is 8.64. The number of hydrogen-bond acceptors (Lipinski definition) is 2. The molecule has 1 aliphatic rings. The van der Waals surface area contributed by atoms with Gasteiger partial charge in [0.1, 0.15) is 0 Å². The van der Waals surface area contributed by atoms with Gasteiger partial charge in [-0.15, -0.1) is 0 Å². The van der Waals surface area contributed by atoms with Crippen LogP contribution in [0.3, 0.4) is 0 Å². The summed E-state index contributed by atoms with van der Waals surface area (Å²) in [6, 6.07) is 0. The van der Waals surface area contributed by atoms with Gasteiger partial charge in [-0.2, -0.15) is 0 Å². The average Bonchev–Trinajstić information content (AvgIpc) is 2.15. The zero-order chi connectivity index (χ0) is 8.81. The minimum atomic E-state index is -0.781. The van der Waals surface area contributed by atoms with Crippen LogP contribution < -0.4 is 0 Å². The van der Waals surface area contributed by atoms with Gasteiger partial charge < -0.3 is 0 Å². The van der Waals surface area contributed by atoms with Crippen molar-refractivity contribution >= 4 is 11.9 Å². The summed E-state index contributed by atoms with van der Waals surface area (Å²) < 4.78 is 6.49. The van der Waals surface area contributed by atoms with Crippen LogP contribution >= 0.6 is 11.9 Å². The van der Waals surface area contributed by atoms with Crippen molar-refractivity contribution < 1.29 is 32.0 Å². The number of hydrogen-bond donors (Lipinski definition) is 1. The van der Waals surface area contributed by atoms with Crippen LogP contribution in [0.1, 0.15) is 25.7 Å². The molecule has 1 saturated carbocycles. The second-order valence-corrected chi connectivity index (χ2v) is 14.3. The van der Waals surface area contributed by atoms with E-state index >= 15 is 0 Å². The molecule has 2 nitrogen and oxygen atoms in total. The van der Waals surface area contributed by atoms with Crippen molar-refractivity contribution in [2.24, 2.45) is 0 Å². The molecule has 1 rings (SSSR count). The van der Waals surface area contributed by atoms with Gasteiger partial charge in [-0.05, 0) is 0 Å². The van der Waals surface area contributed by atoms with E-state index in [1.54, 1.807) is 0 Å². The van der Waals surface area contributed by atoms with Crippen molar-refractivity contribution in [3.05, 3.63) is 0 Å². The van der Waals surface area contributed by atoms with Crippen LogP contribution in [0.25, 0.3) is 0 Å². The summed E-state index contributed by atoms with van der Waals surface area (Å²) in [6.07, 6.45) is 5.76. The van der Waals surface area contributed by atoms with E-state index in [2.05, 4.69) is 11.9 Å². The summed E-state index contributed by atoms with van der Waals surface area (Å²) in [5, 5.41) is 8.64. The van der Waals surface area contributed by atoms with Gasteiger partial charge in [0.25, 0.3) is 0 Å². The third-order valence-electron chi connectivity index (χ3n) is 2.46. The molecule has 0 amide bonds. The number of aliphatic hydroxyl groups excluding tert-OH is 1. The van der Waals surface area contributed by atoms with Crippen molar-refractivity contribution in [1.82, 2.24) is 0 Å². The predicted octanol–water partition coefficient (Wildman–Crippen LogP) is 2.12. The van der Waals surface area contributed by atoms with Crippen LogP contribution in [-0.2, 0) is 26.9 Å². The van der Waals surface area contributed by atoms with Gasteiger partial charge in [0.15, 0.2) is 0 Å². The zero-order valence-electron chi connectivity index (χ0n) is 7.34. The van der Waals surface area contributed by atoms with E-state index in [1.807, 2.05) is 0 Å². The van der Waals surface area contributed by atoms with E-state index in [1.165, 1.54) is 25.7 Å². The quantitative estimate of drug-likeness (QED) is 0.702. The Morgan fingerprint density at radius 3 is 2.83 bits per heavy atom. The Hall–Kier alpha value is 1.34. The van der Waals surface area contributed by atoms with Gasteiger partial charge in [-0.25, -0.2) is 0 Å². The van der Waals surface area contributed by atoms with E-state index in [-0.39, 0.29) is 6.61 Å². The molecule has 0 aromatic carbocycles. The predicted molar refractivity (Wildman–Crippen MR) is 48.0 cm³/mol. The summed E-state index contributed by atoms with van der Waals surface area (Å²) in [4.78, 5) is 0. The summed E-state index contributed by atoms with van der Waals surface area (Å²) in [6.45, 7) is 0.699. The molecular weight excluding hydrogens is 409 g/mol. The van der Waals surface area contributed by atoms with Crippen molar-refractivity contribution in [3.8, 4) is 0 Å². The second kappa shape index (κ2) is 6.74. The van der Waals surface area contributed by atoms with Gasteiger partial charge in [-0.1, -0.05) is 0 Å². The number of ether oxygens (including phenoxy) is 1. The Morgan fingerprint density at radius 1 is 1.42 bits per heavy atom. The molecule has 1 N–H and O–H groups in total. The van der Waals surface area contributed by atoms with Gasteiger partial charge in [-0.3, -0.25) is 0 Å². The van der Waals surface area contributed by atoms with Crippen molar-refractivity contribution in [1.29, 1.82) is 0 Å². The van der Waals surface area contributed by atoms with Gasteiger partial charge >= 0.3 is 92.3 Å². The first kappa shape index (κ1) is 11.4. The molecule has 0 heterocycles. The number of halogens is 1. The van der Waals surface area contributed by atoms with Crippen LogP contribution in [-0.4, -0.2) is 24.4 Å². The van der Waals surface area contributed by atoms with E-state index in [4.69, 9.17) is 9.84 Å². The number of rotatable bonds is 4. The molecule has 1 fully saturated rings. The Kier molecular flexibility index (Phi) is 6.41. The topological polar surface area (TPSA) is 29.5 Å². The van der Waals surface area contributed by atoms with E-state index in [0.29, 0.717) is 12.7 Å². The summed E-state index contributed by atoms with van der Waals surface area (Å²) in [5.41, 5.74) is 0. The first-order valence-corrected chi connectivity index (χ1v) is 19.8. The van der Waals surface area contributed by atoms with E-state index in [9.17, 15) is 0 Å².